The maximum atomic E-state index is 12.3. The van der Waals surface area contributed by atoms with Gasteiger partial charge in [-0.3, -0.25) is 4.68 Å². The molecule has 2 aromatic heterocycles. The van der Waals surface area contributed by atoms with E-state index in [2.05, 4.69) is 48.6 Å². The highest BCUT2D eigenvalue weighted by Gasteiger charge is 2.32. The maximum Gasteiger partial charge on any atom is 0.410 e. The predicted molar refractivity (Wildman–Crippen MR) is 104 cm³/mol. The molecule has 0 radical (unpaired) electrons. The van der Waals surface area contributed by atoms with Crippen LogP contribution in [0.2, 0.25) is 0 Å². The van der Waals surface area contributed by atoms with Crippen LogP contribution in [0.1, 0.15) is 33.2 Å². The molecule has 0 aliphatic carbocycles. The summed E-state index contributed by atoms with van der Waals surface area (Å²) in [6.45, 7) is 6.82. The SMILES string of the molecule is CC(C)(C)OC(=O)N1CCC(n2nc(I)c3c(N)ncc(Br)c32)C1. The molecule has 0 aromatic carbocycles. The van der Waals surface area contributed by atoms with Gasteiger partial charge in [-0.1, -0.05) is 0 Å². The van der Waals surface area contributed by atoms with Gasteiger partial charge in [0.05, 0.1) is 21.4 Å². The molecule has 1 aliphatic heterocycles. The molecule has 2 aromatic rings. The van der Waals surface area contributed by atoms with Gasteiger partial charge in [-0.2, -0.15) is 5.10 Å². The highest BCUT2D eigenvalue weighted by molar-refractivity contribution is 14.1. The first-order valence-electron chi connectivity index (χ1n) is 7.63. The van der Waals surface area contributed by atoms with Crippen molar-refractivity contribution in [2.24, 2.45) is 0 Å². The largest absolute Gasteiger partial charge is 0.444 e. The Kier molecular flexibility index (Phi) is 4.67. The summed E-state index contributed by atoms with van der Waals surface area (Å²) in [5.41, 5.74) is 6.43. The molecule has 1 atom stereocenters. The Bertz CT molecular complexity index is 801. The average molecular weight is 508 g/mol. The predicted octanol–water partition coefficient (Wildman–Crippen LogP) is 3.56. The van der Waals surface area contributed by atoms with Gasteiger partial charge in [0.15, 0.2) is 0 Å². The average Bonchev–Trinajstić information content (AvgIpc) is 3.06. The van der Waals surface area contributed by atoms with Crippen molar-refractivity contribution >= 4 is 61.3 Å². The molecule has 0 bridgehead atoms. The monoisotopic (exact) mass is 507 g/mol. The van der Waals surface area contributed by atoms with E-state index < -0.39 is 5.60 Å². The van der Waals surface area contributed by atoms with Crippen molar-refractivity contribution in [3.8, 4) is 0 Å². The molecule has 0 saturated carbocycles. The number of likely N-dealkylation sites (tertiary alicyclic amines) is 1. The molecular formula is C15H19BrIN5O2. The number of anilines is 1. The maximum absolute atomic E-state index is 12.3. The van der Waals surface area contributed by atoms with Crippen molar-refractivity contribution in [2.45, 2.75) is 38.8 Å². The summed E-state index contributed by atoms with van der Waals surface area (Å²) >= 11 is 5.70. The lowest BCUT2D eigenvalue weighted by Gasteiger charge is -2.24. The van der Waals surface area contributed by atoms with Crippen LogP contribution in [0.4, 0.5) is 10.6 Å². The zero-order valence-corrected chi connectivity index (χ0v) is 17.5. The Morgan fingerprint density at radius 2 is 2.21 bits per heavy atom. The van der Waals surface area contributed by atoms with Crippen molar-refractivity contribution in [2.75, 3.05) is 18.8 Å². The fourth-order valence-corrected chi connectivity index (χ4v) is 4.06. The smallest absolute Gasteiger partial charge is 0.410 e. The van der Waals surface area contributed by atoms with Crippen molar-refractivity contribution in [1.82, 2.24) is 19.7 Å². The van der Waals surface area contributed by atoms with Crippen LogP contribution in [-0.4, -0.2) is 44.4 Å². The summed E-state index contributed by atoms with van der Waals surface area (Å²) in [5, 5.41) is 5.48. The minimum Gasteiger partial charge on any atom is -0.444 e. The van der Waals surface area contributed by atoms with Crippen molar-refractivity contribution in [1.29, 1.82) is 0 Å². The van der Waals surface area contributed by atoms with Gasteiger partial charge in [-0.25, -0.2) is 9.78 Å². The van der Waals surface area contributed by atoms with Gasteiger partial charge in [0.25, 0.3) is 0 Å². The molecule has 9 heteroatoms. The molecule has 2 N–H and O–H groups in total. The number of halogens is 2. The Labute approximate surface area is 162 Å². The summed E-state index contributed by atoms with van der Waals surface area (Å²) < 4.78 is 9.06. The second-order valence-corrected chi connectivity index (χ2v) is 8.70. The van der Waals surface area contributed by atoms with E-state index in [1.54, 1.807) is 11.1 Å². The van der Waals surface area contributed by atoms with Gasteiger partial charge < -0.3 is 15.4 Å². The first-order valence-corrected chi connectivity index (χ1v) is 9.50. The third kappa shape index (κ3) is 3.32. The zero-order valence-electron chi connectivity index (χ0n) is 13.7. The van der Waals surface area contributed by atoms with Crippen LogP contribution in [0.25, 0.3) is 10.9 Å². The molecule has 1 unspecified atom stereocenters. The fraction of sp³-hybridized carbons (Fsp3) is 0.533. The lowest BCUT2D eigenvalue weighted by Crippen LogP contribution is -2.35. The van der Waals surface area contributed by atoms with Gasteiger partial charge >= 0.3 is 6.09 Å². The van der Waals surface area contributed by atoms with Gasteiger partial charge in [0.1, 0.15) is 15.1 Å². The molecule has 1 amide bonds. The standard InChI is InChI=1S/C15H19BrIN5O2/c1-15(2,3)24-14(23)21-5-4-8(7-21)22-11-9(16)6-19-13(18)10(11)12(17)20-22/h6,8H,4-5,7H2,1-3H3,(H2,18,19). The second-order valence-electron chi connectivity index (χ2n) is 6.82. The molecule has 0 spiro atoms. The lowest BCUT2D eigenvalue weighted by atomic mass is 10.2. The van der Waals surface area contributed by atoms with Gasteiger partial charge in [-0.05, 0) is 65.7 Å². The summed E-state index contributed by atoms with van der Waals surface area (Å²) in [7, 11) is 0. The van der Waals surface area contributed by atoms with E-state index in [0.717, 1.165) is 25.5 Å². The topological polar surface area (TPSA) is 86.3 Å². The number of aromatic nitrogens is 3. The number of nitrogens with zero attached hydrogens (tertiary/aromatic N) is 4. The first kappa shape index (κ1) is 17.7. The molecule has 1 fully saturated rings. The molecule has 130 valence electrons. The van der Waals surface area contributed by atoms with Crippen molar-refractivity contribution < 1.29 is 9.53 Å². The second kappa shape index (κ2) is 6.32. The van der Waals surface area contributed by atoms with Crippen LogP contribution >= 0.6 is 38.5 Å². The molecule has 7 nitrogen and oxygen atoms in total. The fourth-order valence-electron chi connectivity index (χ4n) is 2.81. The van der Waals surface area contributed by atoms with E-state index in [-0.39, 0.29) is 12.1 Å². The highest BCUT2D eigenvalue weighted by Crippen LogP contribution is 2.34. The minimum atomic E-state index is -0.494. The Morgan fingerprint density at radius 3 is 2.88 bits per heavy atom. The summed E-state index contributed by atoms with van der Waals surface area (Å²) in [4.78, 5) is 18.2. The molecule has 3 rings (SSSR count). The van der Waals surface area contributed by atoms with Crippen molar-refractivity contribution in [3.05, 3.63) is 14.4 Å². The number of hydrogen-bond donors (Lipinski definition) is 1. The number of nitrogen functional groups attached to an aromatic ring is 1. The normalized spacial score (nSPS) is 18.4. The Morgan fingerprint density at radius 1 is 1.50 bits per heavy atom. The molecule has 3 heterocycles. The Hall–Kier alpha value is -1.10. The first-order chi connectivity index (χ1) is 11.2. The molecule has 24 heavy (non-hydrogen) atoms. The van der Waals surface area contributed by atoms with E-state index >= 15 is 0 Å². The van der Waals surface area contributed by atoms with Gasteiger partial charge in [0, 0.05) is 19.3 Å². The zero-order chi connectivity index (χ0) is 17.6. The van der Waals surface area contributed by atoms with E-state index in [0.29, 0.717) is 18.9 Å². The quantitative estimate of drug-likeness (QED) is 0.596. The summed E-state index contributed by atoms with van der Waals surface area (Å²) in [6.07, 6.45) is 2.23. The van der Waals surface area contributed by atoms with Gasteiger partial charge in [0.2, 0.25) is 0 Å². The number of nitrogens with two attached hydrogens (primary N) is 1. The molecule has 1 saturated heterocycles. The summed E-state index contributed by atoms with van der Waals surface area (Å²) in [6, 6.07) is 0.0848. The van der Waals surface area contributed by atoms with E-state index in [4.69, 9.17) is 10.5 Å². The molecule has 1 aliphatic rings. The number of ether oxygens (including phenoxy) is 1. The number of carbonyl (C=O) groups is 1. The van der Waals surface area contributed by atoms with Crippen LogP contribution in [0, 0.1) is 3.70 Å². The van der Waals surface area contributed by atoms with Crippen molar-refractivity contribution in [3.63, 3.8) is 0 Å². The van der Waals surface area contributed by atoms with E-state index in [9.17, 15) is 4.79 Å². The number of fused-ring (bicyclic) bond motifs is 1. The number of rotatable bonds is 1. The van der Waals surface area contributed by atoms with Crippen LogP contribution in [-0.2, 0) is 4.74 Å². The number of pyridine rings is 1. The minimum absolute atomic E-state index is 0.0848. The van der Waals surface area contributed by atoms with Gasteiger partial charge in [-0.15, -0.1) is 0 Å². The van der Waals surface area contributed by atoms with E-state index in [1.165, 1.54) is 0 Å². The van der Waals surface area contributed by atoms with Crippen LogP contribution in [0.15, 0.2) is 10.7 Å². The van der Waals surface area contributed by atoms with E-state index in [1.807, 2.05) is 25.5 Å². The Balaban J connectivity index is 1.88. The number of amides is 1. The number of carbonyl (C=O) groups excluding carboxylic acids is 1. The van der Waals surface area contributed by atoms with Crippen LogP contribution in [0.3, 0.4) is 0 Å². The highest BCUT2D eigenvalue weighted by atomic mass is 127. The number of hydrogen-bond acceptors (Lipinski definition) is 5. The summed E-state index contributed by atoms with van der Waals surface area (Å²) in [5.74, 6) is 0.464. The lowest BCUT2D eigenvalue weighted by molar-refractivity contribution is 0.0288. The third-order valence-electron chi connectivity index (χ3n) is 3.83. The van der Waals surface area contributed by atoms with Crippen LogP contribution < -0.4 is 5.73 Å². The third-order valence-corrected chi connectivity index (χ3v) is 5.16. The van der Waals surface area contributed by atoms with Crippen LogP contribution in [0.5, 0.6) is 0 Å². The molecular weight excluding hydrogens is 489 g/mol.